The van der Waals surface area contributed by atoms with Crippen molar-refractivity contribution in [3.05, 3.63) is 11.8 Å². The average molecular weight is 252 g/mol. The predicted octanol–water partition coefficient (Wildman–Crippen LogP) is 4.57. The summed E-state index contributed by atoms with van der Waals surface area (Å²) >= 11 is 0. The van der Waals surface area contributed by atoms with Gasteiger partial charge in [0, 0.05) is 18.0 Å². The van der Waals surface area contributed by atoms with Crippen molar-refractivity contribution in [1.29, 1.82) is 0 Å². The summed E-state index contributed by atoms with van der Waals surface area (Å²) in [5.41, 5.74) is 1.10. The molecule has 1 aliphatic heterocycles. The van der Waals surface area contributed by atoms with Crippen LogP contribution in [0.1, 0.15) is 66.7 Å². The standard InChI is InChI=1S/C9H17N.C7H15N/c1-5-8(3)7-10-9(4)6-2;1-2-4-7-5-3-6-8-7/h6-8H,5H2,1-4H3;7-8H,2-6H2,1H3/b9-6-,10-7?;/t;7-/m.1/s1. The summed E-state index contributed by atoms with van der Waals surface area (Å²) in [6, 6.07) is 0.861. The summed E-state index contributed by atoms with van der Waals surface area (Å²) in [4.78, 5) is 4.25. The van der Waals surface area contributed by atoms with E-state index in [1.54, 1.807) is 0 Å². The summed E-state index contributed by atoms with van der Waals surface area (Å²) in [6.07, 6.45) is 10.7. The molecule has 1 fully saturated rings. The first-order valence-corrected chi connectivity index (χ1v) is 7.54. The molecule has 2 atom stereocenters. The van der Waals surface area contributed by atoms with Gasteiger partial charge in [0.2, 0.25) is 0 Å². The van der Waals surface area contributed by atoms with Crippen LogP contribution < -0.4 is 5.32 Å². The van der Waals surface area contributed by atoms with Gasteiger partial charge in [0.1, 0.15) is 0 Å². The molecular formula is C16H32N2. The summed E-state index contributed by atoms with van der Waals surface area (Å²) in [5, 5.41) is 3.46. The van der Waals surface area contributed by atoms with E-state index in [1.807, 2.05) is 26.1 Å². The molecule has 1 N–H and O–H groups in total. The van der Waals surface area contributed by atoms with Crippen molar-refractivity contribution in [2.24, 2.45) is 10.9 Å². The average Bonchev–Trinajstić information content (AvgIpc) is 2.89. The molecule has 1 aliphatic rings. The molecule has 2 heteroatoms. The zero-order valence-electron chi connectivity index (χ0n) is 13.0. The van der Waals surface area contributed by atoms with Crippen LogP contribution in [0.25, 0.3) is 0 Å². The van der Waals surface area contributed by atoms with Crippen molar-refractivity contribution < 1.29 is 0 Å². The van der Waals surface area contributed by atoms with Crippen molar-refractivity contribution >= 4 is 6.21 Å². The Morgan fingerprint density at radius 3 is 2.61 bits per heavy atom. The van der Waals surface area contributed by atoms with Gasteiger partial charge in [0.25, 0.3) is 0 Å². The SMILES string of the molecule is C/C=C(/C)N=CC(C)CC.CCC[C@@H]1CCCN1. The molecule has 0 radical (unpaired) electrons. The number of hydrogen-bond acceptors (Lipinski definition) is 2. The van der Waals surface area contributed by atoms with E-state index in [0.29, 0.717) is 5.92 Å². The number of nitrogens with one attached hydrogen (secondary N) is 1. The Morgan fingerprint density at radius 2 is 2.17 bits per heavy atom. The van der Waals surface area contributed by atoms with Crippen LogP contribution in [0, 0.1) is 5.92 Å². The zero-order chi connectivity index (χ0) is 13.8. The largest absolute Gasteiger partial charge is 0.314 e. The smallest absolute Gasteiger partial charge is 0.0326 e. The van der Waals surface area contributed by atoms with Gasteiger partial charge in [0.05, 0.1) is 0 Å². The van der Waals surface area contributed by atoms with Crippen LogP contribution in [-0.2, 0) is 0 Å². The van der Waals surface area contributed by atoms with Crippen molar-refractivity contribution in [3.63, 3.8) is 0 Å². The summed E-state index contributed by atoms with van der Waals surface area (Å²) < 4.78 is 0. The van der Waals surface area contributed by atoms with Crippen molar-refractivity contribution in [1.82, 2.24) is 5.32 Å². The first kappa shape index (κ1) is 17.4. The minimum atomic E-state index is 0.606. The monoisotopic (exact) mass is 252 g/mol. The summed E-state index contributed by atoms with van der Waals surface area (Å²) in [6.45, 7) is 11.9. The van der Waals surface area contributed by atoms with Crippen LogP contribution >= 0.6 is 0 Å². The fourth-order valence-corrected chi connectivity index (χ4v) is 1.78. The maximum Gasteiger partial charge on any atom is 0.0326 e. The first-order valence-electron chi connectivity index (χ1n) is 7.54. The maximum absolute atomic E-state index is 4.25. The van der Waals surface area contributed by atoms with Gasteiger partial charge >= 0.3 is 0 Å². The molecule has 1 saturated heterocycles. The van der Waals surface area contributed by atoms with Crippen LogP contribution in [0.2, 0.25) is 0 Å². The molecule has 0 aliphatic carbocycles. The van der Waals surface area contributed by atoms with Crippen LogP contribution in [0.4, 0.5) is 0 Å². The molecule has 0 spiro atoms. The first-order chi connectivity index (χ1) is 8.63. The van der Waals surface area contributed by atoms with Gasteiger partial charge in [-0.3, -0.25) is 4.99 Å². The predicted molar refractivity (Wildman–Crippen MR) is 83.3 cm³/mol. The molecule has 0 aromatic carbocycles. The van der Waals surface area contributed by atoms with Gasteiger partial charge < -0.3 is 5.32 Å². The van der Waals surface area contributed by atoms with E-state index in [9.17, 15) is 0 Å². The third kappa shape index (κ3) is 9.41. The zero-order valence-corrected chi connectivity index (χ0v) is 13.0. The number of rotatable bonds is 5. The van der Waals surface area contributed by atoms with Crippen LogP contribution in [0.5, 0.6) is 0 Å². The van der Waals surface area contributed by atoms with Crippen LogP contribution in [0.15, 0.2) is 16.8 Å². The van der Waals surface area contributed by atoms with Gasteiger partial charge in [-0.05, 0) is 52.0 Å². The normalized spacial score (nSPS) is 21.8. The van der Waals surface area contributed by atoms with E-state index in [0.717, 1.165) is 11.7 Å². The second kappa shape index (κ2) is 11.5. The van der Waals surface area contributed by atoms with Gasteiger partial charge in [-0.15, -0.1) is 0 Å². The van der Waals surface area contributed by atoms with E-state index in [4.69, 9.17) is 0 Å². The summed E-state index contributed by atoms with van der Waals surface area (Å²) in [7, 11) is 0. The Labute approximate surface area is 114 Å². The fraction of sp³-hybridized carbons (Fsp3) is 0.812. The molecule has 1 rings (SSSR count). The summed E-state index contributed by atoms with van der Waals surface area (Å²) in [5.74, 6) is 0.606. The highest BCUT2D eigenvalue weighted by Gasteiger charge is 2.11. The molecule has 0 bridgehead atoms. The second-order valence-electron chi connectivity index (χ2n) is 5.18. The van der Waals surface area contributed by atoms with Crippen molar-refractivity contribution in [2.45, 2.75) is 72.8 Å². The van der Waals surface area contributed by atoms with Crippen LogP contribution in [0.3, 0.4) is 0 Å². The lowest BCUT2D eigenvalue weighted by Gasteiger charge is -2.05. The minimum Gasteiger partial charge on any atom is -0.314 e. The lowest BCUT2D eigenvalue weighted by molar-refractivity contribution is 0.551. The Hall–Kier alpha value is -0.630. The molecule has 0 amide bonds. The molecule has 0 aromatic heterocycles. The van der Waals surface area contributed by atoms with Crippen LogP contribution in [-0.4, -0.2) is 18.8 Å². The second-order valence-corrected chi connectivity index (χ2v) is 5.18. The molecule has 0 aromatic rings. The highest BCUT2D eigenvalue weighted by atomic mass is 14.9. The number of hydrogen-bond donors (Lipinski definition) is 1. The molecule has 1 heterocycles. The number of nitrogens with zero attached hydrogens (tertiary/aromatic N) is 1. The lowest BCUT2D eigenvalue weighted by atomic mass is 10.1. The van der Waals surface area contributed by atoms with Crippen molar-refractivity contribution in [2.75, 3.05) is 6.54 Å². The highest BCUT2D eigenvalue weighted by molar-refractivity contribution is 5.61. The molecular weight excluding hydrogens is 220 g/mol. The topological polar surface area (TPSA) is 24.4 Å². The Balaban J connectivity index is 0.000000327. The van der Waals surface area contributed by atoms with E-state index in [2.05, 4.69) is 31.1 Å². The third-order valence-corrected chi connectivity index (χ3v) is 3.39. The third-order valence-electron chi connectivity index (χ3n) is 3.39. The van der Waals surface area contributed by atoms with Gasteiger partial charge in [-0.1, -0.05) is 33.3 Å². The number of aliphatic imine (C=N–C) groups is 1. The maximum atomic E-state index is 4.25. The fourth-order valence-electron chi connectivity index (χ4n) is 1.78. The highest BCUT2D eigenvalue weighted by Crippen LogP contribution is 2.09. The van der Waals surface area contributed by atoms with Gasteiger partial charge in [-0.25, -0.2) is 0 Å². The van der Waals surface area contributed by atoms with Gasteiger partial charge in [0.15, 0.2) is 0 Å². The molecule has 106 valence electrons. The van der Waals surface area contributed by atoms with E-state index >= 15 is 0 Å². The minimum absolute atomic E-state index is 0.606. The molecule has 1 unspecified atom stereocenters. The Bertz CT molecular complexity index is 237. The quantitative estimate of drug-likeness (QED) is 0.712. The Kier molecular flexibility index (Phi) is 11.1. The number of allylic oxidation sites excluding steroid dienone is 2. The van der Waals surface area contributed by atoms with Crippen molar-refractivity contribution in [3.8, 4) is 0 Å². The molecule has 0 saturated carbocycles. The Morgan fingerprint density at radius 1 is 1.44 bits per heavy atom. The van der Waals surface area contributed by atoms with E-state index in [1.165, 1.54) is 38.6 Å². The van der Waals surface area contributed by atoms with Gasteiger partial charge in [-0.2, -0.15) is 0 Å². The molecule has 18 heavy (non-hydrogen) atoms. The lowest BCUT2D eigenvalue weighted by Crippen LogP contribution is -2.20. The van der Waals surface area contributed by atoms with E-state index in [-0.39, 0.29) is 0 Å². The molecule has 2 nitrogen and oxygen atoms in total. The van der Waals surface area contributed by atoms with E-state index < -0.39 is 0 Å².